The van der Waals surface area contributed by atoms with Gasteiger partial charge in [0.25, 0.3) is 0 Å². The van der Waals surface area contributed by atoms with Crippen molar-refractivity contribution in [2.75, 3.05) is 50.0 Å². The fraction of sp³-hybridized carbons (Fsp3) is 0.625. The molecule has 112 valence electrons. The Morgan fingerprint density at radius 3 is 2.75 bits per heavy atom. The Bertz CT molecular complexity index is 391. The summed E-state index contributed by atoms with van der Waals surface area (Å²) in [5.41, 5.74) is 8.14. The molecule has 0 amide bonds. The Balaban J connectivity index is 2.01. The van der Waals surface area contributed by atoms with E-state index in [1.54, 1.807) is 0 Å². The summed E-state index contributed by atoms with van der Waals surface area (Å²) >= 11 is 0. The lowest BCUT2D eigenvalue weighted by molar-refractivity contribution is 0.153. The van der Waals surface area contributed by atoms with Crippen LogP contribution in [-0.2, 0) is 4.74 Å². The lowest BCUT2D eigenvalue weighted by Gasteiger charge is -2.32. The molecule has 1 fully saturated rings. The Morgan fingerprint density at radius 1 is 1.30 bits per heavy atom. The van der Waals surface area contributed by atoms with Crippen molar-refractivity contribution in [1.82, 2.24) is 5.32 Å². The van der Waals surface area contributed by atoms with Crippen molar-refractivity contribution in [3.8, 4) is 0 Å². The van der Waals surface area contributed by atoms with Crippen molar-refractivity contribution in [1.29, 1.82) is 0 Å². The number of nitrogens with two attached hydrogens (primary N) is 1. The second-order valence-corrected chi connectivity index (χ2v) is 5.40. The number of nitrogens with zero attached hydrogens (tertiary/aromatic N) is 1. The number of nitrogens with one attached hydrogen (secondary N) is 1. The van der Waals surface area contributed by atoms with E-state index >= 15 is 0 Å². The molecule has 1 saturated heterocycles. The van der Waals surface area contributed by atoms with E-state index < -0.39 is 0 Å². The van der Waals surface area contributed by atoms with Gasteiger partial charge in [-0.3, -0.25) is 0 Å². The predicted octanol–water partition coefficient (Wildman–Crippen LogP) is 2.11. The van der Waals surface area contributed by atoms with Crippen molar-refractivity contribution in [2.24, 2.45) is 5.92 Å². The average molecular weight is 277 g/mol. The molecule has 0 saturated carbocycles. The molecule has 1 aliphatic rings. The van der Waals surface area contributed by atoms with Gasteiger partial charge in [0.05, 0.1) is 18.0 Å². The van der Waals surface area contributed by atoms with E-state index in [1.165, 1.54) is 12.8 Å². The fourth-order valence-electron chi connectivity index (χ4n) is 2.78. The van der Waals surface area contributed by atoms with Crippen LogP contribution in [0.2, 0.25) is 0 Å². The Kier molecular flexibility index (Phi) is 6.15. The number of anilines is 2. The molecule has 1 aliphatic heterocycles. The molecule has 0 aliphatic carbocycles. The van der Waals surface area contributed by atoms with Gasteiger partial charge >= 0.3 is 0 Å². The molecule has 0 radical (unpaired) electrons. The van der Waals surface area contributed by atoms with Crippen LogP contribution < -0.4 is 16.0 Å². The predicted molar refractivity (Wildman–Crippen MR) is 85.2 cm³/mol. The van der Waals surface area contributed by atoms with E-state index in [-0.39, 0.29) is 0 Å². The minimum atomic E-state index is 0.748. The number of hydrogen-bond acceptors (Lipinski definition) is 4. The van der Waals surface area contributed by atoms with Crippen molar-refractivity contribution >= 4 is 11.4 Å². The third kappa shape index (κ3) is 4.39. The second-order valence-electron chi connectivity index (χ2n) is 5.40. The summed E-state index contributed by atoms with van der Waals surface area (Å²) in [5.74, 6) is 0.748. The maximum absolute atomic E-state index is 6.14. The summed E-state index contributed by atoms with van der Waals surface area (Å²) < 4.78 is 5.52. The molecule has 4 heteroatoms. The highest BCUT2D eigenvalue weighted by atomic mass is 16.5. The molecule has 0 unspecified atom stereocenters. The van der Waals surface area contributed by atoms with Crippen LogP contribution in [0, 0.1) is 5.92 Å². The van der Waals surface area contributed by atoms with E-state index in [1.807, 2.05) is 19.1 Å². The first-order valence-electron chi connectivity index (χ1n) is 7.69. The van der Waals surface area contributed by atoms with Gasteiger partial charge in [0.1, 0.15) is 0 Å². The van der Waals surface area contributed by atoms with Crippen molar-refractivity contribution in [3.05, 3.63) is 24.3 Å². The SMILES string of the molecule is CCOCCN(CC1CCNCC1)c1ccccc1N. The third-order valence-electron chi connectivity index (χ3n) is 3.92. The number of para-hydroxylation sites is 2. The maximum Gasteiger partial charge on any atom is 0.0641 e. The van der Waals surface area contributed by atoms with Gasteiger partial charge in [-0.05, 0) is 50.9 Å². The third-order valence-corrected chi connectivity index (χ3v) is 3.92. The normalized spacial score (nSPS) is 16.2. The molecule has 0 bridgehead atoms. The van der Waals surface area contributed by atoms with Crippen LogP contribution in [0.15, 0.2) is 24.3 Å². The molecule has 2 rings (SSSR count). The zero-order valence-electron chi connectivity index (χ0n) is 12.5. The molecule has 0 spiro atoms. The standard InChI is InChI=1S/C16H27N3O/c1-2-20-12-11-19(13-14-7-9-18-10-8-14)16-6-4-3-5-15(16)17/h3-6,14,18H,2,7-13,17H2,1H3. The first-order valence-corrected chi connectivity index (χ1v) is 7.69. The van der Waals surface area contributed by atoms with Crippen LogP contribution in [0.25, 0.3) is 0 Å². The highest BCUT2D eigenvalue weighted by Gasteiger charge is 2.18. The molecular formula is C16H27N3O. The highest BCUT2D eigenvalue weighted by molar-refractivity contribution is 5.67. The molecular weight excluding hydrogens is 250 g/mol. The van der Waals surface area contributed by atoms with Crippen LogP contribution in [0.1, 0.15) is 19.8 Å². The van der Waals surface area contributed by atoms with Crippen molar-refractivity contribution in [3.63, 3.8) is 0 Å². The monoisotopic (exact) mass is 277 g/mol. The minimum absolute atomic E-state index is 0.748. The highest BCUT2D eigenvalue weighted by Crippen LogP contribution is 2.25. The van der Waals surface area contributed by atoms with E-state index in [0.29, 0.717) is 0 Å². The Morgan fingerprint density at radius 2 is 2.05 bits per heavy atom. The van der Waals surface area contributed by atoms with Gasteiger partial charge < -0.3 is 20.7 Å². The zero-order valence-corrected chi connectivity index (χ0v) is 12.5. The first-order chi connectivity index (χ1) is 9.81. The van der Waals surface area contributed by atoms with Crippen LogP contribution in [0.3, 0.4) is 0 Å². The van der Waals surface area contributed by atoms with Gasteiger partial charge in [-0.1, -0.05) is 12.1 Å². The number of ether oxygens (including phenoxy) is 1. The van der Waals surface area contributed by atoms with E-state index in [0.717, 1.165) is 56.7 Å². The number of benzene rings is 1. The van der Waals surface area contributed by atoms with Gasteiger partial charge in [0.15, 0.2) is 0 Å². The topological polar surface area (TPSA) is 50.5 Å². The van der Waals surface area contributed by atoms with Crippen LogP contribution >= 0.6 is 0 Å². The largest absolute Gasteiger partial charge is 0.397 e. The molecule has 1 heterocycles. The molecule has 1 aromatic carbocycles. The molecule has 0 aromatic heterocycles. The van der Waals surface area contributed by atoms with E-state index in [2.05, 4.69) is 22.3 Å². The van der Waals surface area contributed by atoms with Crippen LogP contribution in [-0.4, -0.2) is 39.4 Å². The van der Waals surface area contributed by atoms with Gasteiger partial charge in [-0.2, -0.15) is 0 Å². The smallest absolute Gasteiger partial charge is 0.0641 e. The number of hydrogen-bond donors (Lipinski definition) is 2. The quantitative estimate of drug-likeness (QED) is 0.592. The van der Waals surface area contributed by atoms with Crippen molar-refractivity contribution < 1.29 is 4.74 Å². The van der Waals surface area contributed by atoms with Gasteiger partial charge in [-0.15, -0.1) is 0 Å². The summed E-state index contributed by atoms with van der Waals surface area (Å²) in [5, 5.41) is 3.42. The molecule has 3 N–H and O–H groups in total. The Hall–Kier alpha value is -1.26. The first kappa shape index (κ1) is 15.1. The van der Waals surface area contributed by atoms with Crippen LogP contribution in [0.4, 0.5) is 11.4 Å². The molecule has 1 aromatic rings. The summed E-state index contributed by atoms with van der Waals surface area (Å²) in [7, 11) is 0. The Labute approximate surface area is 122 Å². The molecule has 20 heavy (non-hydrogen) atoms. The molecule has 4 nitrogen and oxygen atoms in total. The van der Waals surface area contributed by atoms with Crippen molar-refractivity contribution in [2.45, 2.75) is 19.8 Å². The number of rotatable bonds is 7. The lowest BCUT2D eigenvalue weighted by Crippen LogP contribution is -2.38. The maximum atomic E-state index is 6.14. The second kappa shape index (κ2) is 8.12. The number of piperidine rings is 1. The average Bonchev–Trinajstić information content (AvgIpc) is 2.48. The lowest BCUT2D eigenvalue weighted by atomic mass is 9.97. The summed E-state index contributed by atoms with van der Waals surface area (Å²) in [6.07, 6.45) is 2.50. The fourth-order valence-corrected chi connectivity index (χ4v) is 2.78. The van der Waals surface area contributed by atoms with Gasteiger partial charge in [0, 0.05) is 19.7 Å². The summed E-state index contributed by atoms with van der Waals surface area (Å²) in [6, 6.07) is 8.14. The van der Waals surface area contributed by atoms with Gasteiger partial charge in [-0.25, -0.2) is 0 Å². The van der Waals surface area contributed by atoms with Gasteiger partial charge in [0.2, 0.25) is 0 Å². The van der Waals surface area contributed by atoms with E-state index in [4.69, 9.17) is 10.5 Å². The summed E-state index contributed by atoms with van der Waals surface area (Å²) in [6.45, 7) is 7.81. The number of nitrogen functional groups attached to an aromatic ring is 1. The van der Waals surface area contributed by atoms with Crippen LogP contribution in [0.5, 0.6) is 0 Å². The summed E-state index contributed by atoms with van der Waals surface area (Å²) in [4.78, 5) is 2.39. The minimum Gasteiger partial charge on any atom is -0.397 e. The zero-order chi connectivity index (χ0) is 14.2. The van der Waals surface area contributed by atoms with E-state index in [9.17, 15) is 0 Å². The molecule has 0 atom stereocenters.